The standard InChI is InChI=1S/C16H25N/c1-4-16(2,3)13-10-9-12-7-5-6-8-15(17)14(12)11-13/h9-11,15H,4-8,17H2,1-3H3/t15-/m0/s1. The Morgan fingerprint density at radius 3 is 2.76 bits per heavy atom. The van der Waals surface area contributed by atoms with Gasteiger partial charge in [0.1, 0.15) is 0 Å². The zero-order valence-electron chi connectivity index (χ0n) is 11.4. The summed E-state index contributed by atoms with van der Waals surface area (Å²) in [5.41, 5.74) is 10.9. The van der Waals surface area contributed by atoms with Crippen LogP contribution in [0.5, 0.6) is 0 Å². The van der Waals surface area contributed by atoms with Gasteiger partial charge in [0.25, 0.3) is 0 Å². The number of aryl methyl sites for hydroxylation is 1. The number of fused-ring (bicyclic) bond motifs is 1. The average Bonchev–Trinajstić information content (AvgIpc) is 2.51. The van der Waals surface area contributed by atoms with Crippen LogP contribution in [0.15, 0.2) is 18.2 Å². The minimum Gasteiger partial charge on any atom is -0.324 e. The molecule has 0 amide bonds. The molecule has 1 atom stereocenters. The van der Waals surface area contributed by atoms with Crippen LogP contribution in [0, 0.1) is 0 Å². The van der Waals surface area contributed by atoms with Crippen molar-refractivity contribution in [3.63, 3.8) is 0 Å². The van der Waals surface area contributed by atoms with Gasteiger partial charge < -0.3 is 5.73 Å². The van der Waals surface area contributed by atoms with Gasteiger partial charge in [-0.2, -0.15) is 0 Å². The van der Waals surface area contributed by atoms with E-state index in [9.17, 15) is 0 Å². The summed E-state index contributed by atoms with van der Waals surface area (Å²) in [5.74, 6) is 0. The summed E-state index contributed by atoms with van der Waals surface area (Å²) >= 11 is 0. The Bertz CT molecular complexity index is 393. The van der Waals surface area contributed by atoms with Crippen LogP contribution >= 0.6 is 0 Å². The van der Waals surface area contributed by atoms with Crippen LogP contribution in [-0.2, 0) is 11.8 Å². The lowest BCUT2D eigenvalue weighted by atomic mass is 9.80. The summed E-state index contributed by atoms with van der Waals surface area (Å²) in [4.78, 5) is 0. The Balaban J connectivity index is 2.41. The predicted octanol–water partition coefficient (Wildman–Crippen LogP) is 4.10. The van der Waals surface area contributed by atoms with Gasteiger partial charge in [0.05, 0.1) is 0 Å². The molecule has 1 aromatic carbocycles. The van der Waals surface area contributed by atoms with Gasteiger partial charge >= 0.3 is 0 Å². The zero-order valence-corrected chi connectivity index (χ0v) is 11.4. The van der Waals surface area contributed by atoms with Crippen molar-refractivity contribution >= 4 is 0 Å². The molecular formula is C16H25N. The number of rotatable bonds is 2. The Labute approximate surface area is 105 Å². The second-order valence-corrected chi connectivity index (χ2v) is 6.00. The van der Waals surface area contributed by atoms with E-state index in [0.717, 1.165) is 6.42 Å². The molecule has 0 saturated heterocycles. The molecular weight excluding hydrogens is 206 g/mol. The van der Waals surface area contributed by atoms with Crippen LogP contribution in [0.4, 0.5) is 0 Å². The van der Waals surface area contributed by atoms with Crippen molar-refractivity contribution in [1.82, 2.24) is 0 Å². The molecule has 0 spiro atoms. The van der Waals surface area contributed by atoms with Gasteiger partial charge in [0.15, 0.2) is 0 Å². The van der Waals surface area contributed by atoms with Gasteiger partial charge in [0.2, 0.25) is 0 Å². The molecule has 1 aliphatic rings. The number of hydrogen-bond acceptors (Lipinski definition) is 1. The molecule has 1 aromatic rings. The summed E-state index contributed by atoms with van der Waals surface area (Å²) in [7, 11) is 0. The molecule has 0 fully saturated rings. The topological polar surface area (TPSA) is 26.0 Å². The van der Waals surface area contributed by atoms with Crippen LogP contribution in [0.25, 0.3) is 0 Å². The van der Waals surface area contributed by atoms with E-state index in [2.05, 4.69) is 39.0 Å². The van der Waals surface area contributed by atoms with Crippen LogP contribution in [0.1, 0.15) is 69.2 Å². The van der Waals surface area contributed by atoms with Crippen LogP contribution in [-0.4, -0.2) is 0 Å². The lowest BCUT2D eigenvalue weighted by Crippen LogP contribution is -2.18. The summed E-state index contributed by atoms with van der Waals surface area (Å²) in [5, 5.41) is 0. The van der Waals surface area contributed by atoms with Gasteiger partial charge in [-0.25, -0.2) is 0 Å². The quantitative estimate of drug-likeness (QED) is 0.762. The van der Waals surface area contributed by atoms with E-state index in [1.165, 1.54) is 42.4 Å². The van der Waals surface area contributed by atoms with E-state index >= 15 is 0 Å². The third kappa shape index (κ3) is 2.55. The molecule has 0 heterocycles. The molecule has 0 bridgehead atoms. The fourth-order valence-electron chi connectivity index (χ4n) is 2.63. The molecule has 1 aliphatic carbocycles. The monoisotopic (exact) mass is 231 g/mol. The summed E-state index contributed by atoms with van der Waals surface area (Å²) in [6.07, 6.45) is 6.07. The zero-order chi connectivity index (χ0) is 12.5. The third-order valence-electron chi connectivity index (χ3n) is 4.42. The van der Waals surface area contributed by atoms with Gasteiger partial charge in [-0.1, -0.05) is 45.4 Å². The molecule has 1 nitrogen and oxygen atoms in total. The molecule has 2 N–H and O–H groups in total. The molecule has 1 heteroatoms. The van der Waals surface area contributed by atoms with Crippen molar-refractivity contribution in [2.75, 3.05) is 0 Å². The maximum absolute atomic E-state index is 6.30. The fourth-order valence-corrected chi connectivity index (χ4v) is 2.63. The lowest BCUT2D eigenvalue weighted by Gasteiger charge is -2.25. The highest BCUT2D eigenvalue weighted by molar-refractivity contribution is 5.38. The summed E-state index contributed by atoms with van der Waals surface area (Å²) in [6.45, 7) is 6.89. The molecule has 2 rings (SSSR count). The number of hydrogen-bond donors (Lipinski definition) is 1. The maximum Gasteiger partial charge on any atom is 0.0297 e. The first kappa shape index (κ1) is 12.6. The normalized spacial score (nSPS) is 20.8. The van der Waals surface area contributed by atoms with Crippen LogP contribution in [0.3, 0.4) is 0 Å². The first-order valence-electron chi connectivity index (χ1n) is 6.93. The lowest BCUT2D eigenvalue weighted by molar-refractivity contribution is 0.504. The van der Waals surface area contributed by atoms with Gasteiger partial charge in [-0.05, 0) is 47.8 Å². The van der Waals surface area contributed by atoms with Gasteiger partial charge in [-0.3, -0.25) is 0 Å². The maximum atomic E-state index is 6.30. The van der Waals surface area contributed by atoms with E-state index in [1.54, 1.807) is 0 Å². The Morgan fingerprint density at radius 2 is 2.06 bits per heavy atom. The highest BCUT2D eigenvalue weighted by Crippen LogP contribution is 2.33. The largest absolute Gasteiger partial charge is 0.324 e. The van der Waals surface area contributed by atoms with E-state index in [0.29, 0.717) is 0 Å². The van der Waals surface area contributed by atoms with Crippen molar-refractivity contribution < 1.29 is 0 Å². The molecule has 0 aliphatic heterocycles. The summed E-state index contributed by atoms with van der Waals surface area (Å²) in [6, 6.07) is 7.24. The first-order valence-corrected chi connectivity index (χ1v) is 6.93. The Morgan fingerprint density at radius 1 is 1.29 bits per heavy atom. The smallest absolute Gasteiger partial charge is 0.0297 e. The number of nitrogens with two attached hydrogens (primary N) is 1. The highest BCUT2D eigenvalue weighted by atomic mass is 14.6. The number of benzene rings is 1. The molecule has 0 saturated carbocycles. The average molecular weight is 231 g/mol. The molecule has 94 valence electrons. The first-order chi connectivity index (χ1) is 8.04. The van der Waals surface area contributed by atoms with Crippen molar-refractivity contribution in [2.24, 2.45) is 5.73 Å². The third-order valence-corrected chi connectivity index (χ3v) is 4.42. The van der Waals surface area contributed by atoms with Crippen molar-refractivity contribution in [3.8, 4) is 0 Å². The highest BCUT2D eigenvalue weighted by Gasteiger charge is 2.21. The second-order valence-electron chi connectivity index (χ2n) is 6.00. The van der Waals surface area contributed by atoms with Crippen molar-refractivity contribution in [3.05, 3.63) is 34.9 Å². The van der Waals surface area contributed by atoms with Gasteiger partial charge in [0, 0.05) is 6.04 Å². The van der Waals surface area contributed by atoms with Crippen LogP contribution in [0.2, 0.25) is 0 Å². The molecule has 0 radical (unpaired) electrons. The summed E-state index contributed by atoms with van der Waals surface area (Å²) < 4.78 is 0. The Kier molecular flexibility index (Phi) is 3.58. The minimum absolute atomic E-state index is 0.250. The molecule has 0 unspecified atom stereocenters. The molecule has 17 heavy (non-hydrogen) atoms. The predicted molar refractivity (Wildman–Crippen MR) is 74.2 cm³/mol. The van der Waals surface area contributed by atoms with E-state index in [4.69, 9.17) is 5.73 Å². The second kappa shape index (κ2) is 4.81. The minimum atomic E-state index is 0.250. The van der Waals surface area contributed by atoms with Crippen LogP contribution < -0.4 is 5.73 Å². The van der Waals surface area contributed by atoms with Gasteiger partial charge in [-0.15, -0.1) is 0 Å². The van der Waals surface area contributed by atoms with E-state index in [-0.39, 0.29) is 11.5 Å². The molecule has 0 aromatic heterocycles. The fraction of sp³-hybridized carbons (Fsp3) is 0.625. The van der Waals surface area contributed by atoms with Crippen molar-refractivity contribution in [2.45, 2.75) is 64.3 Å². The Hall–Kier alpha value is -0.820. The van der Waals surface area contributed by atoms with E-state index in [1.807, 2.05) is 0 Å². The SMILES string of the molecule is CCC(C)(C)c1ccc2c(c1)[C@@H](N)CCCC2. The van der Waals surface area contributed by atoms with Crippen molar-refractivity contribution in [1.29, 1.82) is 0 Å². The van der Waals surface area contributed by atoms with E-state index < -0.39 is 0 Å².